The Labute approximate surface area is 131 Å². The van der Waals surface area contributed by atoms with Crippen LogP contribution in [-0.2, 0) is 18.0 Å². The third kappa shape index (κ3) is 2.66. The number of carbonyl (C=O) groups is 1. The largest absolute Gasteiger partial charge is 0.372 e. The van der Waals surface area contributed by atoms with Gasteiger partial charge in [0.1, 0.15) is 0 Å². The van der Waals surface area contributed by atoms with E-state index >= 15 is 0 Å². The number of ether oxygens (including phenoxy) is 1. The molecule has 1 N–H and O–H groups in total. The van der Waals surface area contributed by atoms with Gasteiger partial charge >= 0.3 is 0 Å². The van der Waals surface area contributed by atoms with Gasteiger partial charge in [0, 0.05) is 24.7 Å². The maximum atomic E-state index is 12.7. The fraction of sp³-hybridized carbons (Fsp3) is 0.611. The minimum absolute atomic E-state index is 0.188. The van der Waals surface area contributed by atoms with Gasteiger partial charge in [0.15, 0.2) is 0 Å². The average molecular weight is 300 g/mol. The van der Waals surface area contributed by atoms with E-state index in [2.05, 4.69) is 5.32 Å². The molecule has 1 atom stereocenters. The number of hydrogen-bond donors (Lipinski definition) is 1. The maximum Gasteiger partial charge on any atom is 0.253 e. The van der Waals surface area contributed by atoms with E-state index in [1.165, 1.54) is 30.5 Å². The first-order chi connectivity index (χ1) is 10.8. The normalized spacial score (nSPS) is 25.5. The SMILES string of the molecule is O=C(c1ccc2c(c1)COC2)N1CCC(C2CCCN2)CC1. The summed E-state index contributed by atoms with van der Waals surface area (Å²) in [5, 5.41) is 3.61. The molecule has 0 saturated carbocycles. The van der Waals surface area contributed by atoms with Gasteiger partial charge in [-0.25, -0.2) is 0 Å². The van der Waals surface area contributed by atoms with Crippen molar-refractivity contribution in [3.05, 3.63) is 34.9 Å². The molecule has 2 fully saturated rings. The number of piperidine rings is 1. The van der Waals surface area contributed by atoms with E-state index in [0.717, 1.165) is 37.4 Å². The number of carbonyl (C=O) groups excluding carboxylic acids is 1. The minimum Gasteiger partial charge on any atom is -0.372 e. The molecule has 4 heteroatoms. The number of amides is 1. The molecule has 3 heterocycles. The third-order valence-electron chi connectivity index (χ3n) is 5.46. The van der Waals surface area contributed by atoms with E-state index in [9.17, 15) is 4.79 Å². The van der Waals surface area contributed by atoms with Crippen molar-refractivity contribution in [1.29, 1.82) is 0 Å². The number of benzene rings is 1. The van der Waals surface area contributed by atoms with Crippen molar-refractivity contribution in [2.75, 3.05) is 19.6 Å². The predicted octanol–water partition coefficient (Wildman–Crippen LogP) is 2.32. The second-order valence-corrected chi connectivity index (χ2v) is 6.81. The van der Waals surface area contributed by atoms with Crippen molar-refractivity contribution in [1.82, 2.24) is 10.2 Å². The van der Waals surface area contributed by atoms with Crippen molar-refractivity contribution in [2.45, 2.75) is 44.9 Å². The lowest BCUT2D eigenvalue weighted by Gasteiger charge is -2.35. The van der Waals surface area contributed by atoms with Crippen molar-refractivity contribution in [2.24, 2.45) is 5.92 Å². The molecule has 0 bridgehead atoms. The van der Waals surface area contributed by atoms with Gasteiger partial charge in [-0.15, -0.1) is 0 Å². The molecule has 22 heavy (non-hydrogen) atoms. The summed E-state index contributed by atoms with van der Waals surface area (Å²) in [6, 6.07) is 6.72. The van der Waals surface area contributed by atoms with Crippen LogP contribution in [0.1, 0.15) is 47.2 Å². The van der Waals surface area contributed by atoms with Crippen LogP contribution in [0.25, 0.3) is 0 Å². The van der Waals surface area contributed by atoms with Gasteiger partial charge in [-0.2, -0.15) is 0 Å². The van der Waals surface area contributed by atoms with E-state index in [1.807, 2.05) is 23.1 Å². The highest BCUT2D eigenvalue weighted by molar-refractivity contribution is 5.94. The van der Waals surface area contributed by atoms with Gasteiger partial charge in [0.05, 0.1) is 13.2 Å². The molecule has 1 amide bonds. The average Bonchev–Trinajstić information content (AvgIpc) is 3.25. The standard InChI is InChI=1S/C18H24N2O2/c21-18(14-3-4-15-11-22-12-16(15)10-14)20-8-5-13(6-9-20)17-2-1-7-19-17/h3-4,10,13,17,19H,1-2,5-9,11-12H2. The fourth-order valence-electron chi connectivity index (χ4n) is 4.11. The molecule has 0 aliphatic carbocycles. The van der Waals surface area contributed by atoms with Crippen molar-refractivity contribution in [3.8, 4) is 0 Å². The summed E-state index contributed by atoms with van der Waals surface area (Å²) in [5.74, 6) is 0.938. The highest BCUT2D eigenvalue weighted by Crippen LogP contribution is 2.27. The van der Waals surface area contributed by atoms with Crippen molar-refractivity contribution < 1.29 is 9.53 Å². The van der Waals surface area contributed by atoms with Crippen LogP contribution in [0, 0.1) is 5.92 Å². The number of hydrogen-bond acceptors (Lipinski definition) is 3. The van der Waals surface area contributed by atoms with Crippen molar-refractivity contribution >= 4 is 5.91 Å². The van der Waals surface area contributed by atoms with Crippen LogP contribution in [-0.4, -0.2) is 36.5 Å². The molecule has 0 aromatic heterocycles. The first-order valence-corrected chi connectivity index (χ1v) is 8.53. The van der Waals surface area contributed by atoms with Crippen LogP contribution in [0.5, 0.6) is 0 Å². The Balaban J connectivity index is 1.39. The smallest absolute Gasteiger partial charge is 0.253 e. The highest BCUT2D eigenvalue weighted by atomic mass is 16.5. The molecule has 118 valence electrons. The Bertz CT molecular complexity index is 558. The summed E-state index contributed by atoms with van der Waals surface area (Å²) in [4.78, 5) is 14.7. The highest BCUT2D eigenvalue weighted by Gasteiger charge is 2.30. The molecule has 0 radical (unpaired) electrons. The van der Waals surface area contributed by atoms with Crippen LogP contribution in [0.4, 0.5) is 0 Å². The third-order valence-corrected chi connectivity index (χ3v) is 5.46. The molecule has 4 nitrogen and oxygen atoms in total. The quantitative estimate of drug-likeness (QED) is 0.911. The summed E-state index contributed by atoms with van der Waals surface area (Å²) in [6.07, 6.45) is 4.89. The van der Waals surface area contributed by atoms with Crippen LogP contribution in [0.15, 0.2) is 18.2 Å². The number of fused-ring (bicyclic) bond motifs is 1. The summed E-state index contributed by atoms with van der Waals surface area (Å²) >= 11 is 0. The molecule has 1 unspecified atom stereocenters. The van der Waals surface area contributed by atoms with Crippen LogP contribution in [0.2, 0.25) is 0 Å². The summed E-state index contributed by atoms with van der Waals surface area (Å²) in [5.41, 5.74) is 3.22. The van der Waals surface area contributed by atoms with E-state index in [4.69, 9.17) is 4.74 Å². The second-order valence-electron chi connectivity index (χ2n) is 6.81. The molecular weight excluding hydrogens is 276 g/mol. The Morgan fingerprint density at radius 3 is 2.73 bits per heavy atom. The fourth-order valence-corrected chi connectivity index (χ4v) is 4.11. The Kier molecular flexibility index (Phi) is 3.89. The zero-order valence-electron chi connectivity index (χ0n) is 13.0. The zero-order valence-corrected chi connectivity index (χ0v) is 13.0. The number of nitrogens with zero attached hydrogens (tertiary/aromatic N) is 1. The Morgan fingerprint density at radius 1 is 1.14 bits per heavy atom. The molecule has 4 rings (SSSR count). The summed E-state index contributed by atoms with van der Waals surface area (Å²) in [6.45, 7) is 4.29. The monoisotopic (exact) mass is 300 g/mol. The molecule has 3 aliphatic rings. The topological polar surface area (TPSA) is 41.6 Å². The molecule has 0 spiro atoms. The van der Waals surface area contributed by atoms with Gasteiger partial charge in [0.2, 0.25) is 0 Å². The number of rotatable bonds is 2. The van der Waals surface area contributed by atoms with Crippen LogP contribution >= 0.6 is 0 Å². The molecular formula is C18H24N2O2. The van der Waals surface area contributed by atoms with Gasteiger partial charge in [0.25, 0.3) is 5.91 Å². The molecule has 1 aromatic rings. The van der Waals surface area contributed by atoms with Crippen LogP contribution in [0.3, 0.4) is 0 Å². The number of nitrogens with one attached hydrogen (secondary N) is 1. The molecule has 3 aliphatic heterocycles. The van der Waals surface area contributed by atoms with E-state index in [1.54, 1.807) is 0 Å². The van der Waals surface area contributed by atoms with Gasteiger partial charge in [-0.1, -0.05) is 6.07 Å². The van der Waals surface area contributed by atoms with Crippen molar-refractivity contribution in [3.63, 3.8) is 0 Å². The number of likely N-dealkylation sites (tertiary alicyclic amines) is 1. The van der Waals surface area contributed by atoms with Gasteiger partial charge < -0.3 is 15.0 Å². The second kappa shape index (κ2) is 6.01. The first kappa shape index (κ1) is 14.2. The maximum absolute atomic E-state index is 12.7. The van der Waals surface area contributed by atoms with Gasteiger partial charge in [-0.05, 0) is 61.4 Å². The summed E-state index contributed by atoms with van der Waals surface area (Å²) in [7, 11) is 0. The minimum atomic E-state index is 0.188. The van der Waals surface area contributed by atoms with Gasteiger partial charge in [-0.3, -0.25) is 4.79 Å². The lowest BCUT2D eigenvalue weighted by atomic mass is 9.88. The van der Waals surface area contributed by atoms with E-state index < -0.39 is 0 Å². The molecule has 2 saturated heterocycles. The Morgan fingerprint density at radius 2 is 1.95 bits per heavy atom. The lowest BCUT2D eigenvalue weighted by Crippen LogP contribution is -2.43. The molecule has 1 aromatic carbocycles. The predicted molar refractivity (Wildman–Crippen MR) is 84.6 cm³/mol. The summed E-state index contributed by atoms with van der Waals surface area (Å²) < 4.78 is 5.43. The first-order valence-electron chi connectivity index (χ1n) is 8.53. The van der Waals surface area contributed by atoms with Crippen LogP contribution < -0.4 is 5.32 Å². The van der Waals surface area contributed by atoms with E-state index in [0.29, 0.717) is 19.3 Å². The zero-order chi connectivity index (χ0) is 14.9. The van der Waals surface area contributed by atoms with E-state index in [-0.39, 0.29) is 5.91 Å². The Hall–Kier alpha value is -1.39. The lowest BCUT2D eigenvalue weighted by molar-refractivity contribution is 0.0674.